The van der Waals surface area contributed by atoms with Crippen LogP contribution in [0.25, 0.3) is 0 Å². The Morgan fingerprint density at radius 2 is 2.18 bits per heavy atom. The number of aliphatic imine (C=N–C) groups is 1. The van der Waals surface area contributed by atoms with Gasteiger partial charge in [0.05, 0.1) is 6.54 Å². The van der Waals surface area contributed by atoms with Gasteiger partial charge in [0.1, 0.15) is 5.01 Å². The Hall–Kier alpha value is -0.370. The van der Waals surface area contributed by atoms with Crippen LogP contribution in [0.3, 0.4) is 0 Å². The summed E-state index contributed by atoms with van der Waals surface area (Å²) in [5, 5.41) is 7.58. The van der Waals surface area contributed by atoms with Crippen LogP contribution in [0.15, 0.2) is 11.2 Å². The third-order valence-electron chi connectivity index (χ3n) is 2.12. The molecule has 0 bridgehead atoms. The quantitative estimate of drug-likeness (QED) is 0.477. The Morgan fingerprint density at radius 1 is 1.41 bits per heavy atom. The molecule has 2 N–H and O–H groups in total. The van der Waals surface area contributed by atoms with E-state index in [1.165, 1.54) is 4.88 Å². The molecule has 98 valence electrons. The molecule has 0 aliphatic carbocycles. The zero-order valence-corrected chi connectivity index (χ0v) is 13.8. The molecule has 1 aromatic heterocycles. The molecule has 1 rings (SSSR count). The molecule has 0 atom stereocenters. The Labute approximate surface area is 124 Å². The molecule has 0 saturated heterocycles. The summed E-state index contributed by atoms with van der Waals surface area (Å²) in [5.41, 5.74) is 0. The van der Waals surface area contributed by atoms with Gasteiger partial charge < -0.3 is 10.6 Å². The fourth-order valence-electron chi connectivity index (χ4n) is 1.22. The van der Waals surface area contributed by atoms with Crippen molar-refractivity contribution in [2.45, 2.75) is 33.2 Å². The highest BCUT2D eigenvalue weighted by molar-refractivity contribution is 14.0. The van der Waals surface area contributed by atoms with E-state index in [-0.39, 0.29) is 24.0 Å². The van der Waals surface area contributed by atoms with Crippen molar-refractivity contribution >= 4 is 41.3 Å². The number of rotatable bonds is 5. The summed E-state index contributed by atoms with van der Waals surface area (Å²) in [6.07, 6.45) is 4.10. The molecule has 0 spiro atoms. The minimum Gasteiger partial charge on any atom is -0.356 e. The highest BCUT2D eigenvalue weighted by atomic mass is 127. The van der Waals surface area contributed by atoms with Crippen LogP contribution in [0.4, 0.5) is 0 Å². The van der Waals surface area contributed by atoms with Crippen LogP contribution in [-0.2, 0) is 13.0 Å². The first-order valence-electron chi connectivity index (χ1n) is 5.68. The van der Waals surface area contributed by atoms with Gasteiger partial charge in [-0.05, 0) is 12.8 Å². The van der Waals surface area contributed by atoms with E-state index in [2.05, 4.69) is 34.5 Å². The van der Waals surface area contributed by atoms with E-state index in [1.807, 2.05) is 6.20 Å². The maximum absolute atomic E-state index is 4.35. The molecule has 0 fully saturated rings. The van der Waals surface area contributed by atoms with Crippen molar-refractivity contribution < 1.29 is 0 Å². The predicted octanol–water partition coefficient (Wildman–Crippen LogP) is 2.40. The normalized spacial score (nSPS) is 10.9. The second kappa shape index (κ2) is 9.64. The van der Waals surface area contributed by atoms with Gasteiger partial charge in [0.25, 0.3) is 0 Å². The molecular formula is C11H21IN4S. The second-order valence-electron chi connectivity index (χ2n) is 3.43. The number of hydrogen-bond acceptors (Lipinski definition) is 3. The fraction of sp³-hybridized carbons (Fsp3) is 0.636. The van der Waals surface area contributed by atoms with Gasteiger partial charge in [-0.1, -0.05) is 13.8 Å². The average molecular weight is 368 g/mol. The number of halogens is 1. The van der Waals surface area contributed by atoms with Crippen LogP contribution in [0.2, 0.25) is 0 Å². The van der Waals surface area contributed by atoms with E-state index in [4.69, 9.17) is 0 Å². The van der Waals surface area contributed by atoms with Gasteiger partial charge in [-0.25, -0.2) is 4.98 Å². The summed E-state index contributed by atoms with van der Waals surface area (Å²) in [6, 6.07) is 0. The van der Waals surface area contributed by atoms with E-state index in [9.17, 15) is 0 Å². The maximum Gasteiger partial charge on any atom is 0.191 e. The number of aromatic nitrogens is 1. The van der Waals surface area contributed by atoms with Gasteiger partial charge in [0, 0.05) is 24.7 Å². The number of thiazole rings is 1. The number of nitrogens with one attached hydrogen (secondary N) is 2. The van der Waals surface area contributed by atoms with Crippen LogP contribution >= 0.6 is 35.3 Å². The first-order chi connectivity index (χ1) is 7.80. The topological polar surface area (TPSA) is 49.3 Å². The minimum atomic E-state index is 0. The smallest absolute Gasteiger partial charge is 0.191 e. The molecule has 17 heavy (non-hydrogen) atoms. The SMILES string of the molecule is CCCNC(=NC)NCc1ncc(CC)s1.I. The van der Waals surface area contributed by atoms with Gasteiger partial charge in [0.2, 0.25) is 0 Å². The molecule has 4 nitrogen and oxygen atoms in total. The largest absolute Gasteiger partial charge is 0.356 e. The van der Waals surface area contributed by atoms with Crippen molar-refractivity contribution in [3.8, 4) is 0 Å². The van der Waals surface area contributed by atoms with Crippen LogP contribution in [0, 0.1) is 0 Å². The van der Waals surface area contributed by atoms with Crippen molar-refractivity contribution in [3.05, 3.63) is 16.1 Å². The molecule has 0 radical (unpaired) electrons. The van der Waals surface area contributed by atoms with Crippen LogP contribution in [0.1, 0.15) is 30.2 Å². The Morgan fingerprint density at radius 3 is 2.71 bits per heavy atom. The molecule has 0 saturated carbocycles. The zero-order chi connectivity index (χ0) is 11.8. The van der Waals surface area contributed by atoms with Crippen molar-refractivity contribution in [2.75, 3.05) is 13.6 Å². The Kier molecular flexibility index (Phi) is 9.43. The standard InChI is InChI=1S/C11H20N4S.HI/c1-4-6-13-11(12-3)15-8-10-14-7-9(5-2)16-10;/h7H,4-6,8H2,1-3H3,(H2,12,13,15);1H. The maximum atomic E-state index is 4.35. The Bertz CT molecular complexity index is 338. The number of aryl methyl sites for hydroxylation is 1. The van der Waals surface area contributed by atoms with Gasteiger partial charge in [-0.3, -0.25) is 4.99 Å². The second-order valence-corrected chi connectivity index (χ2v) is 4.63. The Balaban J connectivity index is 0.00000256. The third-order valence-corrected chi connectivity index (χ3v) is 3.26. The summed E-state index contributed by atoms with van der Waals surface area (Å²) < 4.78 is 0. The summed E-state index contributed by atoms with van der Waals surface area (Å²) in [5.74, 6) is 0.843. The van der Waals surface area contributed by atoms with Crippen molar-refractivity contribution in [1.82, 2.24) is 15.6 Å². The van der Waals surface area contributed by atoms with E-state index in [0.29, 0.717) is 0 Å². The molecule has 1 aromatic rings. The monoisotopic (exact) mass is 368 g/mol. The lowest BCUT2D eigenvalue weighted by atomic mass is 10.4. The summed E-state index contributed by atoms with van der Waals surface area (Å²) in [4.78, 5) is 9.81. The van der Waals surface area contributed by atoms with E-state index in [1.54, 1.807) is 18.4 Å². The molecule has 0 amide bonds. The first-order valence-corrected chi connectivity index (χ1v) is 6.49. The van der Waals surface area contributed by atoms with Crippen molar-refractivity contribution in [3.63, 3.8) is 0 Å². The van der Waals surface area contributed by atoms with Crippen molar-refractivity contribution in [2.24, 2.45) is 4.99 Å². The lowest BCUT2D eigenvalue weighted by Gasteiger charge is -2.09. The van der Waals surface area contributed by atoms with Crippen LogP contribution in [0.5, 0.6) is 0 Å². The highest BCUT2D eigenvalue weighted by Crippen LogP contribution is 2.12. The van der Waals surface area contributed by atoms with Gasteiger partial charge in [0.15, 0.2) is 5.96 Å². The van der Waals surface area contributed by atoms with E-state index < -0.39 is 0 Å². The molecule has 0 aromatic carbocycles. The van der Waals surface area contributed by atoms with Crippen LogP contribution in [-0.4, -0.2) is 24.5 Å². The van der Waals surface area contributed by atoms with Crippen LogP contribution < -0.4 is 10.6 Å². The summed E-state index contributed by atoms with van der Waals surface area (Å²) >= 11 is 1.75. The molecule has 0 aliphatic rings. The summed E-state index contributed by atoms with van der Waals surface area (Å²) in [6.45, 7) is 5.97. The lowest BCUT2D eigenvalue weighted by molar-refractivity contribution is 0.779. The predicted molar refractivity (Wildman–Crippen MR) is 85.4 cm³/mol. The number of guanidine groups is 1. The van der Waals surface area contributed by atoms with Crippen molar-refractivity contribution in [1.29, 1.82) is 0 Å². The van der Waals surface area contributed by atoms with Gasteiger partial charge >= 0.3 is 0 Å². The third kappa shape index (κ3) is 6.21. The van der Waals surface area contributed by atoms with Gasteiger partial charge in [-0.15, -0.1) is 35.3 Å². The number of nitrogens with zero attached hydrogens (tertiary/aromatic N) is 2. The average Bonchev–Trinajstić information content (AvgIpc) is 2.77. The highest BCUT2D eigenvalue weighted by Gasteiger charge is 2.01. The van der Waals surface area contributed by atoms with Gasteiger partial charge in [-0.2, -0.15) is 0 Å². The number of hydrogen-bond donors (Lipinski definition) is 2. The lowest BCUT2D eigenvalue weighted by Crippen LogP contribution is -2.37. The molecule has 6 heteroatoms. The summed E-state index contributed by atoms with van der Waals surface area (Å²) in [7, 11) is 1.78. The first kappa shape index (κ1) is 16.6. The molecule has 1 heterocycles. The molecule has 0 unspecified atom stereocenters. The fourth-order valence-corrected chi connectivity index (χ4v) is 2.02. The molecule has 0 aliphatic heterocycles. The van der Waals surface area contributed by atoms with E-state index in [0.717, 1.165) is 36.9 Å². The zero-order valence-electron chi connectivity index (χ0n) is 10.6. The minimum absolute atomic E-state index is 0. The van der Waals surface area contributed by atoms with E-state index >= 15 is 0 Å². The molecular weight excluding hydrogens is 347 g/mol.